The normalized spacial score (nSPS) is 12.5. The molecular weight excluding hydrogens is 268 g/mol. The Morgan fingerprint density at radius 2 is 2.32 bits per heavy atom. The summed E-state index contributed by atoms with van der Waals surface area (Å²) >= 11 is 1.18. The molecule has 0 unspecified atom stereocenters. The fourth-order valence-corrected chi connectivity index (χ4v) is 2.44. The van der Waals surface area contributed by atoms with E-state index >= 15 is 0 Å². The van der Waals surface area contributed by atoms with Crippen molar-refractivity contribution in [2.75, 3.05) is 6.61 Å². The molecule has 0 aliphatic heterocycles. The van der Waals surface area contributed by atoms with Gasteiger partial charge in [-0.3, -0.25) is 14.7 Å². The van der Waals surface area contributed by atoms with Crippen LogP contribution in [0.15, 0.2) is 16.1 Å². The number of hydrogen-bond acceptors (Lipinski definition) is 6. The van der Waals surface area contributed by atoms with Crippen molar-refractivity contribution in [3.63, 3.8) is 0 Å². The smallest absolute Gasteiger partial charge is 0.319 e. The second-order valence-electron chi connectivity index (χ2n) is 3.77. The van der Waals surface area contributed by atoms with Crippen LogP contribution >= 0.6 is 11.8 Å². The molecule has 0 spiro atoms. The van der Waals surface area contributed by atoms with Gasteiger partial charge in [0.15, 0.2) is 10.8 Å². The molecule has 19 heavy (non-hydrogen) atoms. The Balaban J connectivity index is 2.24. The number of fused-ring (bicyclic) bond motifs is 1. The molecule has 2 rings (SSSR count). The highest BCUT2D eigenvalue weighted by Gasteiger charge is 2.20. The van der Waals surface area contributed by atoms with Crippen LogP contribution in [0.1, 0.15) is 20.3 Å². The molecule has 0 aromatic carbocycles. The van der Waals surface area contributed by atoms with Gasteiger partial charge < -0.3 is 9.72 Å². The number of hydrogen-bond donors (Lipinski definition) is 2. The minimum atomic E-state index is -0.386. The number of esters is 1. The maximum absolute atomic E-state index is 11.7. The van der Waals surface area contributed by atoms with E-state index < -0.39 is 0 Å². The van der Waals surface area contributed by atoms with Crippen LogP contribution in [0, 0.1) is 0 Å². The fourth-order valence-electron chi connectivity index (χ4n) is 1.55. The lowest BCUT2D eigenvalue weighted by molar-refractivity contribution is -0.142. The number of rotatable bonds is 5. The van der Waals surface area contributed by atoms with E-state index in [-0.39, 0.29) is 16.8 Å². The van der Waals surface area contributed by atoms with Crippen molar-refractivity contribution < 1.29 is 9.53 Å². The standard InChI is InChI=1S/C11H14N4O3S/c1-3-7(10(17)18-4-2)19-11-13-8-6(5-12-15-8)9(16)14-11/h5,7H,3-4H2,1-2H3,(H2,12,13,14,15,16)/t7-/m0/s1. The summed E-state index contributed by atoms with van der Waals surface area (Å²) in [5, 5.41) is 6.78. The number of aromatic amines is 2. The molecule has 0 aliphatic carbocycles. The van der Waals surface area contributed by atoms with Gasteiger partial charge in [0.25, 0.3) is 5.56 Å². The van der Waals surface area contributed by atoms with Gasteiger partial charge in [-0.25, -0.2) is 4.98 Å². The SMILES string of the molecule is CCOC(=O)[C@H](CC)Sc1nc2[nH]ncc2c(=O)[nH]1. The number of nitrogens with one attached hydrogen (secondary N) is 2. The maximum atomic E-state index is 11.7. The number of H-pyrrole nitrogens is 2. The zero-order valence-corrected chi connectivity index (χ0v) is 11.4. The fraction of sp³-hybridized carbons (Fsp3) is 0.455. The topological polar surface area (TPSA) is 101 Å². The Bertz CT molecular complexity index is 636. The number of carbonyl (C=O) groups excluding carboxylic acids is 1. The first-order valence-electron chi connectivity index (χ1n) is 5.92. The van der Waals surface area contributed by atoms with Gasteiger partial charge in [0.05, 0.1) is 12.8 Å². The maximum Gasteiger partial charge on any atom is 0.319 e. The van der Waals surface area contributed by atoms with E-state index in [0.717, 1.165) is 0 Å². The molecule has 0 fully saturated rings. The molecule has 0 aliphatic rings. The average molecular weight is 282 g/mol. The first-order chi connectivity index (χ1) is 9.15. The Hall–Kier alpha value is -1.83. The number of aromatic nitrogens is 4. The molecule has 0 saturated carbocycles. The quantitative estimate of drug-likeness (QED) is 0.483. The number of thioether (sulfide) groups is 1. The monoisotopic (exact) mass is 282 g/mol. The van der Waals surface area contributed by atoms with Crippen LogP contribution in [0.2, 0.25) is 0 Å². The molecule has 0 amide bonds. The van der Waals surface area contributed by atoms with E-state index in [1.165, 1.54) is 18.0 Å². The summed E-state index contributed by atoms with van der Waals surface area (Å²) in [6, 6.07) is 0. The zero-order valence-electron chi connectivity index (χ0n) is 10.6. The third-order valence-electron chi connectivity index (χ3n) is 2.47. The van der Waals surface area contributed by atoms with Crippen LogP contribution in [0.25, 0.3) is 11.0 Å². The van der Waals surface area contributed by atoms with Gasteiger partial charge in [-0.2, -0.15) is 5.10 Å². The Kier molecular flexibility index (Phi) is 4.20. The molecular formula is C11H14N4O3S. The van der Waals surface area contributed by atoms with Crippen molar-refractivity contribution in [3.05, 3.63) is 16.6 Å². The number of nitrogens with zero attached hydrogens (tertiary/aromatic N) is 2. The van der Waals surface area contributed by atoms with Gasteiger partial charge in [-0.05, 0) is 13.3 Å². The molecule has 0 saturated heterocycles. The molecule has 102 valence electrons. The van der Waals surface area contributed by atoms with E-state index in [0.29, 0.717) is 29.2 Å². The lowest BCUT2D eigenvalue weighted by Gasteiger charge is -2.11. The van der Waals surface area contributed by atoms with Crippen LogP contribution < -0.4 is 5.56 Å². The summed E-state index contributed by atoms with van der Waals surface area (Å²) in [7, 11) is 0. The number of carbonyl (C=O) groups is 1. The minimum absolute atomic E-state index is 0.278. The summed E-state index contributed by atoms with van der Waals surface area (Å²) in [5.41, 5.74) is 0.130. The highest BCUT2D eigenvalue weighted by Crippen LogP contribution is 2.23. The van der Waals surface area contributed by atoms with Gasteiger partial charge in [-0.15, -0.1) is 0 Å². The molecule has 0 radical (unpaired) electrons. The minimum Gasteiger partial charge on any atom is -0.465 e. The van der Waals surface area contributed by atoms with Crippen LogP contribution in [-0.4, -0.2) is 38.0 Å². The predicted molar refractivity (Wildman–Crippen MR) is 71.1 cm³/mol. The molecule has 2 N–H and O–H groups in total. The second kappa shape index (κ2) is 5.87. The zero-order chi connectivity index (χ0) is 13.8. The molecule has 0 bridgehead atoms. The van der Waals surface area contributed by atoms with Crippen molar-refractivity contribution in [3.8, 4) is 0 Å². The molecule has 2 heterocycles. The summed E-state index contributed by atoms with van der Waals surface area (Å²) in [6.07, 6.45) is 2.01. The highest BCUT2D eigenvalue weighted by molar-refractivity contribution is 8.00. The van der Waals surface area contributed by atoms with Crippen LogP contribution in [0.5, 0.6) is 0 Å². The molecule has 7 nitrogen and oxygen atoms in total. The number of ether oxygens (including phenoxy) is 1. The van der Waals surface area contributed by atoms with Crippen LogP contribution in [0.3, 0.4) is 0 Å². The molecule has 1 atom stereocenters. The van der Waals surface area contributed by atoms with Crippen molar-refractivity contribution in [2.45, 2.75) is 30.7 Å². The molecule has 2 aromatic heterocycles. The Morgan fingerprint density at radius 1 is 1.53 bits per heavy atom. The van der Waals surface area contributed by atoms with Crippen LogP contribution in [-0.2, 0) is 9.53 Å². The van der Waals surface area contributed by atoms with E-state index in [9.17, 15) is 9.59 Å². The Labute approximate surface area is 113 Å². The van der Waals surface area contributed by atoms with E-state index in [2.05, 4.69) is 20.2 Å². The first-order valence-corrected chi connectivity index (χ1v) is 6.80. The predicted octanol–water partition coefficient (Wildman–Crippen LogP) is 1.08. The van der Waals surface area contributed by atoms with E-state index in [1.54, 1.807) is 6.92 Å². The lowest BCUT2D eigenvalue weighted by atomic mass is 10.3. The lowest BCUT2D eigenvalue weighted by Crippen LogP contribution is -2.20. The molecule has 2 aromatic rings. The first kappa shape index (κ1) is 13.6. The highest BCUT2D eigenvalue weighted by atomic mass is 32.2. The van der Waals surface area contributed by atoms with E-state index in [4.69, 9.17) is 4.74 Å². The van der Waals surface area contributed by atoms with Crippen molar-refractivity contribution in [1.82, 2.24) is 20.2 Å². The summed E-state index contributed by atoms with van der Waals surface area (Å²) < 4.78 is 4.97. The summed E-state index contributed by atoms with van der Waals surface area (Å²) in [4.78, 5) is 30.3. The van der Waals surface area contributed by atoms with Crippen molar-refractivity contribution >= 4 is 28.8 Å². The third-order valence-corrected chi connectivity index (χ3v) is 3.70. The van der Waals surface area contributed by atoms with E-state index in [1.807, 2.05) is 6.92 Å². The van der Waals surface area contributed by atoms with Gasteiger partial charge in [0.2, 0.25) is 0 Å². The van der Waals surface area contributed by atoms with Gasteiger partial charge in [-0.1, -0.05) is 18.7 Å². The Morgan fingerprint density at radius 3 is 3.00 bits per heavy atom. The second-order valence-corrected chi connectivity index (χ2v) is 4.96. The largest absolute Gasteiger partial charge is 0.465 e. The van der Waals surface area contributed by atoms with Crippen LogP contribution in [0.4, 0.5) is 0 Å². The summed E-state index contributed by atoms with van der Waals surface area (Å²) in [5.74, 6) is -0.303. The van der Waals surface area contributed by atoms with Gasteiger partial charge in [0.1, 0.15) is 10.6 Å². The third kappa shape index (κ3) is 2.95. The van der Waals surface area contributed by atoms with Gasteiger partial charge in [0, 0.05) is 0 Å². The average Bonchev–Trinajstić information content (AvgIpc) is 2.85. The molecule has 8 heteroatoms. The summed E-state index contributed by atoms with van der Waals surface area (Å²) in [6.45, 7) is 3.97. The van der Waals surface area contributed by atoms with Crippen molar-refractivity contribution in [2.24, 2.45) is 0 Å². The van der Waals surface area contributed by atoms with Crippen molar-refractivity contribution in [1.29, 1.82) is 0 Å². The van der Waals surface area contributed by atoms with Gasteiger partial charge >= 0.3 is 5.97 Å².